The van der Waals surface area contributed by atoms with Crippen LogP contribution in [0.25, 0.3) is 10.2 Å². The Morgan fingerprint density at radius 3 is 2.59 bits per heavy atom. The molecule has 29 heavy (non-hydrogen) atoms. The first kappa shape index (κ1) is 21.5. The van der Waals surface area contributed by atoms with Gasteiger partial charge in [-0.15, -0.1) is 11.3 Å². The maximum atomic E-state index is 12.6. The van der Waals surface area contributed by atoms with E-state index in [9.17, 15) is 9.59 Å². The molecular weight excluding hydrogens is 388 g/mol. The number of amides is 1. The van der Waals surface area contributed by atoms with Crippen LogP contribution >= 0.6 is 11.3 Å². The lowest BCUT2D eigenvalue weighted by Crippen LogP contribution is -2.44. The molecule has 1 aliphatic heterocycles. The van der Waals surface area contributed by atoms with E-state index < -0.39 is 0 Å². The van der Waals surface area contributed by atoms with Crippen molar-refractivity contribution in [3.05, 3.63) is 16.8 Å². The van der Waals surface area contributed by atoms with E-state index in [0.29, 0.717) is 17.4 Å². The number of nitrogens with zero attached hydrogens (tertiary/aromatic N) is 3. The zero-order chi connectivity index (χ0) is 21.1. The van der Waals surface area contributed by atoms with Gasteiger partial charge in [-0.2, -0.15) is 0 Å². The van der Waals surface area contributed by atoms with Gasteiger partial charge in [-0.25, -0.2) is 14.8 Å². The van der Waals surface area contributed by atoms with Gasteiger partial charge in [0, 0.05) is 25.0 Å². The molecule has 3 rings (SSSR count). The molecule has 2 aromatic rings. The molecule has 1 atom stereocenters. The molecule has 2 aromatic heterocycles. The fourth-order valence-electron chi connectivity index (χ4n) is 3.55. The van der Waals surface area contributed by atoms with Crippen LogP contribution in [0.2, 0.25) is 0 Å². The van der Waals surface area contributed by atoms with Gasteiger partial charge in [0.2, 0.25) is 5.91 Å². The van der Waals surface area contributed by atoms with Gasteiger partial charge >= 0.3 is 5.97 Å². The number of hydrogen-bond acceptors (Lipinski definition) is 7. The van der Waals surface area contributed by atoms with Gasteiger partial charge in [0.25, 0.3) is 0 Å². The van der Waals surface area contributed by atoms with Crippen molar-refractivity contribution < 1.29 is 14.3 Å². The van der Waals surface area contributed by atoms with E-state index in [1.54, 1.807) is 13.3 Å². The monoisotopic (exact) mass is 418 g/mol. The highest BCUT2D eigenvalue weighted by molar-refractivity contribution is 7.20. The normalized spacial score (nSPS) is 16.3. The van der Waals surface area contributed by atoms with E-state index in [-0.39, 0.29) is 23.8 Å². The third-order valence-corrected chi connectivity index (χ3v) is 6.88. The lowest BCUT2D eigenvalue weighted by Gasteiger charge is -2.33. The zero-order valence-electron chi connectivity index (χ0n) is 17.8. The number of anilines is 1. The van der Waals surface area contributed by atoms with Crippen LogP contribution in [0.4, 0.5) is 5.82 Å². The fraction of sp³-hybridized carbons (Fsp3) is 0.619. The summed E-state index contributed by atoms with van der Waals surface area (Å²) in [6.45, 7) is 11.9. The third kappa shape index (κ3) is 4.52. The molecule has 0 saturated carbocycles. The van der Waals surface area contributed by atoms with Crippen LogP contribution in [-0.4, -0.2) is 47.6 Å². The maximum absolute atomic E-state index is 12.6. The Bertz CT molecular complexity index is 887. The minimum atomic E-state index is -0.311. The van der Waals surface area contributed by atoms with E-state index in [2.05, 4.69) is 41.0 Å². The van der Waals surface area contributed by atoms with E-state index in [4.69, 9.17) is 4.74 Å². The zero-order valence-corrected chi connectivity index (χ0v) is 18.6. The van der Waals surface area contributed by atoms with Crippen molar-refractivity contribution in [3.63, 3.8) is 0 Å². The first-order valence-electron chi connectivity index (χ1n) is 10.3. The number of carbonyl (C=O) groups is 2. The van der Waals surface area contributed by atoms with E-state index in [1.807, 2.05) is 6.92 Å². The Labute approximate surface area is 175 Å². The number of aromatic nitrogens is 2. The minimum absolute atomic E-state index is 0.0310. The van der Waals surface area contributed by atoms with Crippen LogP contribution in [0.5, 0.6) is 0 Å². The lowest BCUT2D eigenvalue weighted by molar-refractivity contribution is -0.126. The number of carbonyl (C=O) groups excluding carboxylic acids is 2. The number of esters is 1. The number of thiophene rings is 1. The lowest BCUT2D eigenvalue weighted by atomic mass is 9.94. The van der Waals surface area contributed by atoms with Crippen molar-refractivity contribution >= 4 is 39.2 Å². The Hall–Kier alpha value is -2.22. The summed E-state index contributed by atoms with van der Waals surface area (Å²) in [5.74, 6) is 1.13. The topological polar surface area (TPSA) is 84.4 Å². The second-order valence-electron chi connectivity index (χ2n) is 7.96. The van der Waals surface area contributed by atoms with Crippen LogP contribution in [0.15, 0.2) is 6.33 Å². The number of rotatable bonds is 6. The van der Waals surface area contributed by atoms with Gasteiger partial charge in [-0.3, -0.25) is 4.79 Å². The van der Waals surface area contributed by atoms with Crippen molar-refractivity contribution in [3.8, 4) is 0 Å². The van der Waals surface area contributed by atoms with Crippen LogP contribution < -0.4 is 10.2 Å². The Morgan fingerprint density at radius 1 is 1.28 bits per heavy atom. The molecule has 0 bridgehead atoms. The highest BCUT2D eigenvalue weighted by Gasteiger charge is 2.29. The predicted molar refractivity (Wildman–Crippen MR) is 115 cm³/mol. The largest absolute Gasteiger partial charge is 0.462 e. The van der Waals surface area contributed by atoms with Crippen molar-refractivity contribution in [2.24, 2.45) is 11.8 Å². The van der Waals surface area contributed by atoms with Gasteiger partial charge in [0.05, 0.1) is 12.0 Å². The van der Waals surface area contributed by atoms with Crippen molar-refractivity contribution in [2.75, 3.05) is 24.6 Å². The van der Waals surface area contributed by atoms with E-state index >= 15 is 0 Å². The predicted octanol–water partition coefficient (Wildman–Crippen LogP) is 3.55. The molecule has 0 aromatic carbocycles. The molecule has 158 valence electrons. The molecule has 8 heteroatoms. The summed E-state index contributed by atoms with van der Waals surface area (Å²) in [5.41, 5.74) is 0.865. The average Bonchev–Trinajstić information content (AvgIpc) is 3.05. The molecule has 0 radical (unpaired) electrons. The number of aryl methyl sites for hydroxylation is 1. The summed E-state index contributed by atoms with van der Waals surface area (Å²) in [5, 5.41) is 4.05. The smallest absolute Gasteiger partial charge is 0.348 e. The summed E-state index contributed by atoms with van der Waals surface area (Å²) in [7, 11) is 0. The first-order valence-corrected chi connectivity index (χ1v) is 11.1. The molecular formula is C21H30N4O3S. The van der Waals surface area contributed by atoms with Crippen LogP contribution in [-0.2, 0) is 9.53 Å². The molecule has 1 amide bonds. The molecule has 1 N–H and O–H groups in total. The molecule has 7 nitrogen and oxygen atoms in total. The number of hydrogen-bond donors (Lipinski definition) is 1. The molecule has 1 saturated heterocycles. The standard InChI is InChI=1S/C21H30N4O3S/c1-6-28-21(27)17-13(4)16-18(22-11-23-20(16)29-17)25-9-7-15(8-10-25)19(26)24-14(5)12(2)3/h11-12,14-15H,6-10H2,1-5H3,(H,24,26)/t14-/m0/s1. The van der Waals surface area contributed by atoms with Crippen LogP contribution in [0.3, 0.4) is 0 Å². The average molecular weight is 419 g/mol. The molecule has 3 heterocycles. The Balaban J connectivity index is 1.75. The Kier molecular flexibility index (Phi) is 6.72. The SMILES string of the molecule is CCOC(=O)c1sc2ncnc(N3CCC(C(=O)N[C@@H](C)C(C)C)CC3)c2c1C. The van der Waals surface area contributed by atoms with Gasteiger partial charge in [-0.05, 0) is 45.1 Å². The fourth-order valence-corrected chi connectivity index (χ4v) is 4.58. The van der Waals surface area contributed by atoms with E-state index in [1.165, 1.54) is 11.3 Å². The molecule has 0 unspecified atom stereocenters. The van der Waals surface area contributed by atoms with Crippen LogP contribution in [0.1, 0.15) is 55.8 Å². The van der Waals surface area contributed by atoms with Gasteiger partial charge in [0.15, 0.2) is 0 Å². The van der Waals surface area contributed by atoms with Crippen LogP contribution in [0, 0.1) is 18.8 Å². The molecule has 1 aliphatic rings. The summed E-state index contributed by atoms with van der Waals surface area (Å²) in [4.78, 5) is 37.3. The minimum Gasteiger partial charge on any atom is -0.462 e. The number of piperidine rings is 1. The maximum Gasteiger partial charge on any atom is 0.348 e. The molecule has 0 aliphatic carbocycles. The van der Waals surface area contributed by atoms with Crippen molar-refractivity contribution in [1.29, 1.82) is 0 Å². The highest BCUT2D eigenvalue weighted by Crippen LogP contribution is 2.36. The third-order valence-electron chi connectivity index (χ3n) is 5.70. The molecule has 1 fully saturated rings. The summed E-state index contributed by atoms with van der Waals surface area (Å²) >= 11 is 1.35. The Morgan fingerprint density at radius 2 is 1.97 bits per heavy atom. The first-order chi connectivity index (χ1) is 13.8. The molecule has 0 spiro atoms. The number of ether oxygens (including phenoxy) is 1. The second-order valence-corrected chi connectivity index (χ2v) is 8.96. The number of fused-ring (bicyclic) bond motifs is 1. The van der Waals surface area contributed by atoms with Gasteiger partial charge in [-0.1, -0.05) is 13.8 Å². The summed E-state index contributed by atoms with van der Waals surface area (Å²) < 4.78 is 5.18. The second kappa shape index (κ2) is 9.07. The van der Waals surface area contributed by atoms with Gasteiger partial charge < -0.3 is 15.0 Å². The van der Waals surface area contributed by atoms with Gasteiger partial charge in [0.1, 0.15) is 21.9 Å². The summed E-state index contributed by atoms with van der Waals surface area (Å²) in [6, 6.07) is 0.178. The summed E-state index contributed by atoms with van der Waals surface area (Å²) in [6.07, 6.45) is 3.12. The quantitative estimate of drug-likeness (QED) is 0.722. The van der Waals surface area contributed by atoms with Crippen molar-refractivity contribution in [1.82, 2.24) is 15.3 Å². The number of nitrogens with one attached hydrogen (secondary N) is 1. The highest BCUT2D eigenvalue weighted by atomic mass is 32.1. The van der Waals surface area contributed by atoms with Crippen molar-refractivity contribution in [2.45, 2.75) is 53.5 Å². The van der Waals surface area contributed by atoms with E-state index in [0.717, 1.165) is 47.5 Å².